The molecule has 2 N–H and O–H groups in total. The first kappa shape index (κ1) is 15.2. The molecular formula is C16H15N5OS. The molecule has 23 heavy (non-hydrogen) atoms. The zero-order valence-electron chi connectivity index (χ0n) is 12.8. The molecular weight excluding hydrogens is 310 g/mol. The van der Waals surface area contributed by atoms with Gasteiger partial charge in [0.2, 0.25) is 5.91 Å². The van der Waals surface area contributed by atoms with Crippen molar-refractivity contribution in [3.63, 3.8) is 0 Å². The number of nitrogens with zero attached hydrogens (tertiary/aromatic N) is 4. The molecule has 1 aromatic heterocycles. The van der Waals surface area contributed by atoms with Crippen molar-refractivity contribution in [2.75, 3.05) is 7.05 Å². The van der Waals surface area contributed by atoms with Gasteiger partial charge >= 0.3 is 0 Å². The van der Waals surface area contributed by atoms with E-state index in [4.69, 9.17) is 11.0 Å². The number of carbonyl (C=O) groups excluding carboxylic acids is 1. The molecule has 0 spiro atoms. The topological polar surface area (TPSA) is 95.4 Å². The number of hydrogen-bond acceptors (Lipinski definition) is 6. The Morgan fingerprint density at radius 2 is 2.26 bits per heavy atom. The minimum absolute atomic E-state index is 0.0803. The second-order valence-electron chi connectivity index (χ2n) is 5.60. The van der Waals surface area contributed by atoms with Crippen molar-refractivity contribution < 1.29 is 4.79 Å². The third-order valence-corrected chi connectivity index (χ3v) is 4.92. The number of aliphatic imine (C=N–C) groups is 1. The van der Waals surface area contributed by atoms with E-state index in [2.05, 4.69) is 16.0 Å². The zero-order chi connectivity index (χ0) is 16.6. The Balaban J connectivity index is 1.99. The lowest BCUT2D eigenvalue weighted by atomic mass is 9.97. The van der Waals surface area contributed by atoms with E-state index >= 15 is 0 Å². The Hall–Kier alpha value is -2.72. The van der Waals surface area contributed by atoms with Gasteiger partial charge < -0.3 is 5.73 Å². The second kappa shape index (κ2) is 5.48. The molecule has 0 saturated heterocycles. The fourth-order valence-electron chi connectivity index (χ4n) is 2.43. The van der Waals surface area contributed by atoms with Gasteiger partial charge in [0, 0.05) is 18.0 Å². The summed E-state index contributed by atoms with van der Waals surface area (Å²) in [4.78, 5) is 22.5. The maximum absolute atomic E-state index is 12.1. The van der Waals surface area contributed by atoms with Crippen LogP contribution < -0.4 is 5.73 Å². The second-order valence-corrected chi connectivity index (χ2v) is 6.46. The van der Waals surface area contributed by atoms with Crippen LogP contribution in [0.2, 0.25) is 0 Å². The number of aromatic nitrogens is 1. The first-order valence-corrected chi connectivity index (χ1v) is 7.89. The SMILES string of the molecule is CN1C(=O)C[C@@](C)(c2nc(-c3cccc(C#N)c3)cs2)N=C1N. The predicted molar refractivity (Wildman–Crippen MR) is 88.6 cm³/mol. The predicted octanol–water partition coefficient (Wildman–Crippen LogP) is 2.07. The molecule has 0 bridgehead atoms. The lowest BCUT2D eigenvalue weighted by Gasteiger charge is -2.31. The van der Waals surface area contributed by atoms with Gasteiger partial charge in [0.1, 0.15) is 10.5 Å². The minimum atomic E-state index is -0.747. The van der Waals surface area contributed by atoms with Gasteiger partial charge in [-0.05, 0) is 19.1 Å². The first-order valence-electron chi connectivity index (χ1n) is 7.01. The Morgan fingerprint density at radius 1 is 1.48 bits per heavy atom. The number of guanidine groups is 1. The molecule has 1 aliphatic rings. The van der Waals surface area contributed by atoms with Crippen LogP contribution in [0.15, 0.2) is 34.6 Å². The molecule has 0 radical (unpaired) electrons. The van der Waals surface area contributed by atoms with E-state index in [9.17, 15) is 4.79 Å². The van der Waals surface area contributed by atoms with Crippen molar-refractivity contribution in [3.8, 4) is 17.3 Å². The van der Waals surface area contributed by atoms with E-state index in [1.54, 1.807) is 19.2 Å². The largest absolute Gasteiger partial charge is 0.369 e. The van der Waals surface area contributed by atoms with Crippen molar-refractivity contribution in [1.82, 2.24) is 9.88 Å². The summed E-state index contributed by atoms with van der Waals surface area (Å²) in [5.41, 5.74) is 7.30. The van der Waals surface area contributed by atoms with E-state index in [0.717, 1.165) is 16.3 Å². The van der Waals surface area contributed by atoms with E-state index in [1.165, 1.54) is 16.2 Å². The Kier molecular flexibility index (Phi) is 3.62. The summed E-state index contributed by atoms with van der Waals surface area (Å²) in [5, 5.41) is 11.6. The number of nitriles is 1. The van der Waals surface area contributed by atoms with Crippen molar-refractivity contribution in [2.24, 2.45) is 10.7 Å². The normalized spacial score (nSPS) is 21.0. The van der Waals surface area contributed by atoms with Gasteiger partial charge in [-0.2, -0.15) is 5.26 Å². The number of rotatable bonds is 2. The fraction of sp³-hybridized carbons (Fsp3) is 0.250. The van der Waals surface area contributed by atoms with Crippen molar-refractivity contribution >= 4 is 23.2 Å². The molecule has 0 saturated carbocycles. The van der Waals surface area contributed by atoms with Crippen LogP contribution >= 0.6 is 11.3 Å². The summed E-state index contributed by atoms with van der Waals surface area (Å²) >= 11 is 1.44. The van der Waals surface area contributed by atoms with Gasteiger partial charge in [-0.25, -0.2) is 9.98 Å². The number of thiazole rings is 1. The standard InChI is InChI=1S/C16H15N5OS/c1-16(7-13(22)21(2)15(18)20-16)14-19-12(9-23-14)11-5-3-4-10(6-11)8-17/h3-6,9H,7H2,1-2H3,(H2,18,20)/t16-/m0/s1. The summed E-state index contributed by atoms with van der Waals surface area (Å²) in [6.07, 6.45) is 0.232. The molecule has 0 aliphatic carbocycles. The van der Waals surface area contributed by atoms with Crippen LogP contribution in [-0.2, 0) is 10.3 Å². The molecule has 2 aromatic rings. The van der Waals surface area contributed by atoms with Crippen LogP contribution in [0.3, 0.4) is 0 Å². The maximum atomic E-state index is 12.1. The highest BCUT2D eigenvalue weighted by Crippen LogP contribution is 2.36. The highest BCUT2D eigenvalue weighted by molar-refractivity contribution is 7.10. The molecule has 1 aliphatic heterocycles. The summed E-state index contributed by atoms with van der Waals surface area (Å²) in [5.74, 6) is 0.121. The number of benzene rings is 1. The van der Waals surface area contributed by atoms with Crippen LogP contribution in [0.1, 0.15) is 23.9 Å². The van der Waals surface area contributed by atoms with Crippen LogP contribution in [0, 0.1) is 11.3 Å². The summed E-state index contributed by atoms with van der Waals surface area (Å²) in [6, 6.07) is 9.38. The van der Waals surface area contributed by atoms with Gasteiger partial charge in [0.15, 0.2) is 5.96 Å². The molecule has 116 valence electrons. The average Bonchev–Trinajstić information content (AvgIpc) is 3.03. The molecule has 0 fully saturated rings. The van der Waals surface area contributed by atoms with Crippen molar-refractivity contribution in [2.45, 2.75) is 18.9 Å². The third-order valence-electron chi connectivity index (χ3n) is 3.83. The Morgan fingerprint density at radius 3 is 2.96 bits per heavy atom. The first-order chi connectivity index (χ1) is 10.9. The highest BCUT2D eigenvalue weighted by atomic mass is 32.1. The fourth-order valence-corrected chi connectivity index (χ4v) is 3.37. The van der Waals surface area contributed by atoms with Crippen molar-refractivity contribution in [3.05, 3.63) is 40.2 Å². The molecule has 3 rings (SSSR count). The Labute approximate surface area is 137 Å². The van der Waals surface area contributed by atoms with Crippen LogP contribution in [0.25, 0.3) is 11.3 Å². The van der Waals surface area contributed by atoms with Crippen LogP contribution in [0.4, 0.5) is 0 Å². The molecule has 0 unspecified atom stereocenters. The van der Waals surface area contributed by atoms with Crippen molar-refractivity contribution in [1.29, 1.82) is 5.26 Å². The number of carbonyl (C=O) groups is 1. The molecule has 6 nitrogen and oxygen atoms in total. The summed E-state index contributed by atoms with van der Waals surface area (Å²) in [6.45, 7) is 1.86. The lowest BCUT2D eigenvalue weighted by molar-refractivity contribution is -0.128. The van der Waals surface area contributed by atoms with Crippen LogP contribution in [0.5, 0.6) is 0 Å². The number of hydrogen-bond donors (Lipinski definition) is 1. The quantitative estimate of drug-likeness (QED) is 0.914. The third kappa shape index (κ3) is 2.69. The summed E-state index contributed by atoms with van der Waals surface area (Å²) < 4.78 is 0. The van der Waals surface area contributed by atoms with Crippen LogP contribution in [-0.4, -0.2) is 28.8 Å². The van der Waals surface area contributed by atoms with Gasteiger partial charge in [-0.3, -0.25) is 9.69 Å². The monoisotopic (exact) mass is 325 g/mol. The maximum Gasteiger partial charge on any atom is 0.231 e. The van der Waals surface area contributed by atoms with Gasteiger partial charge in [0.25, 0.3) is 0 Å². The summed E-state index contributed by atoms with van der Waals surface area (Å²) in [7, 11) is 1.61. The molecule has 7 heteroatoms. The van der Waals surface area contributed by atoms with E-state index in [-0.39, 0.29) is 18.3 Å². The highest BCUT2D eigenvalue weighted by Gasteiger charge is 2.38. The Bertz CT molecular complexity index is 850. The molecule has 1 aromatic carbocycles. The smallest absolute Gasteiger partial charge is 0.231 e. The van der Waals surface area contributed by atoms with Gasteiger partial charge in [-0.15, -0.1) is 11.3 Å². The lowest BCUT2D eigenvalue weighted by Crippen LogP contribution is -2.47. The van der Waals surface area contributed by atoms with E-state index in [0.29, 0.717) is 5.56 Å². The number of nitrogens with two attached hydrogens (primary N) is 1. The van der Waals surface area contributed by atoms with Gasteiger partial charge in [0.05, 0.1) is 23.7 Å². The van der Waals surface area contributed by atoms with Gasteiger partial charge in [-0.1, -0.05) is 12.1 Å². The zero-order valence-corrected chi connectivity index (χ0v) is 13.6. The molecule has 1 atom stereocenters. The molecule has 2 heterocycles. The van der Waals surface area contributed by atoms with E-state index in [1.807, 2.05) is 24.4 Å². The molecule has 1 amide bonds. The average molecular weight is 325 g/mol. The van der Waals surface area contributed by atoms with E-state index < -0.39 is 5.54 Å². The minimum Gasteiger partial charge on any atom is -0.369 e. The number of amides is 1.